The summed E-state index contributed by atoms with van der Waals surface area (Å²) in [4.78, 5) is 38.3. The summed E-state index contributed by atoms with van der Waals surface area (Å²) in [6.45, 7) is 7.30. The molecule has 41 heavy (non-hydrogen) atoms. The Morgan fingerprint density at radius 3 is 2.22 bits per heavy atom. The number of carbonyl (C=O) groups excluding carboxylic acids is 3. The second-order valence-electron chi connectivity index (χ2n) is 10.7. The average molecular weight is 579 g/mol. The molecule has 2 bridgehead atoms. The third-order valence-electron chi connectivity index (χ3n) is 7.69. The molecule has 0 radical (unpaired) electrons. The number of amides is 2. The molecular weight excluding hydrogens is 532 g/mol. The third-order valence-corrected chi connectivity index (χ3v) is 7.69. The van der Waals surface area contributed by atoms with E-state index in [0.717, 1.165) is 0 Å². The van der Waals surface area contributed by atoms with Gasteiger partial charge in [-0.2, -0.15) is 0 Å². The molecule has 230 valence electrons. The number of nitrogens with one attached hydrogen (secondary N) is 1. The van der Waals surface area contributed by atoms with Gasteiger partial charge in [-0.25, -0.2) is 4.79 Å². The molecule has 11 nitrogen and oxygen atoms in total. The van der Waals surface area contributed by atoms with Gasteiger partial charge in [0.05, 0.1) is 30.5 Å². The summed E-state index contributed by atoms with van der Waals surface area (Å²) in [7, 11) is 6.16. The van der Waals surface area contributed by atoms with Crippen LogP contribution in [0.2, 0.25) is 0 Å². The maximum atomic E-state index is 13.5. The summed E-state index contributed by atoms with van der Waals surface area (Å²) in [5.41, 5.74) is 6.70. The number of hydrogen-bond acceptors (Lipinski definition) is 9. The topological polar surface area (TPSA) is 156 Å². The lowest BCUT2D eigenvalue weighted by molar-refractivity contribution is -0.126. The van der Waals surface area contributed by atoms with Crippen molar-refractivity contribution in [1.29, 1.82) is 0 Å². The zero-order chi connectivity index (χ0) is 30.9. The highest BCUT2D eigenvalue weighted by Crippen LogP contribution is 2.30. The molecule has 0 aromatic carbocycles. The van der Waals surface area contributed by atoms with Crippen LogP contribution in [0.4, 0.5) is 4.79 Å². The van der Waals surface area contributed by atoms with Crippen molar-refractivity contribution in [3.8, 4) is 0 Å². The smallest absolute Gasteiger partial charge is 0.405 e. The maximum Gasteiger partial charge on any atom is 0.405 e. The number of rotatable bonds is 5. The Kier molecular flexibility index (Phi) is 13.4. The van der Waals surface area contributed by atoms with Gasteiger partial charge in [0.2, 0.25) is 5.91 Å². The summed E-state index contributed by atoms with van der Waals surface area (Å²) in [6, 6.07) is -0.923. The third kappa shape index (κ3) is 9.08. The highest BCUT2D eigenvalue weighted by Gasteiger charge is 2.38. The van der Waals surface area contributed by atoms with Gasteiger partial charge in [-0.1, -0.05) is 38.2 Å². The normalized spacial score (nSPS) is 34.3. The lowest BCUT2D eigenvalue weighted by Gasteiger charge is -2.35. The van der Waals surface area contributed by atoms with Gasteiger partial charge in [-0.05, 0) is 37.8 Å². The first-order valence-electron chi connectivity index (χ1n) is 13.7. The lowest BCUT2D eigenvalue weighted by Crippen LogP contribution is -2.49. The fourth-order valence-corrected chi connectivity index (χ4v) is 5.60. The van der Waals surface area contributed by atoms with E-state index < -0.39 is 54.7 Å². The average Bonchev–Trinajstić information content (AvgIpc) is 2.91. The number of aliphatic hydroxyl groups excluding tert-OH is 1. The fourth-order valence-electron chi connectivity index (χ4n) is 5.60. The van der Waals surface area contributed by atoms with E-state index in [0.29, 0.717) is 23.1 Å². The number of hydrogen-bond donors (Lipinski definition) is 3. The molecule has 1 aliphatic heterocycles. The fraction of sp³-hybridized carbons (Fsp3) is 0.633. The molecule has 4 N–H and O–H groups in total. The van der Waals surface area contributed by atoms with Gasteiger partial charge in [-0.3, -0.25) is 9.59 Å². The van der Waals surface area contributed by atoms with Crippen molar-refractivity contribution in [2.75, 3.05) is 28.4 Å². The van der Waals surface area contributed by atoms with Crippen molar-refractivity contribution >= 4 is 17.8 Å². The Morgan fingerprint density at radius 2 is 1.66 bits per heavy atom. The Morgan fingerprint density at radius 1 is 0.976 bits per heavy atom. The van der Waals surface area contributed by atoms with E-state index in [2.05, 4.69) is 5.32 Å². The van der Waals surface area contributed by atoms with Gasteiger partial charge < -0.3 is 39.8 Å². The summed E-state index contributed by atoms with van der Waals surface area (Å²) in [6.07, 6.45) is 3.81. The van der Waals surface area contributed by atoms with E-state index in [1.165, 1.54) is 20.3 Å². The quantitative estimate of drug-likeness (QED) is 0.417. The predicted octanol–water partition coefficient (Wildman–Crippen LogP) is 2.38. The van der Waals surface area contributed by atoms with Crippen molar-refractivity contribution in [3.63, 3.8) is 0 Å². The Balaban J connectivity index is 2.63. The second-order valence-corrected chi connectivity index (χ2v) is 10.7. The molecule has 9 atom stereocenters. The molecule has 1 heterocycles. The monoisotopic (exact) mass is 578 g/mol. The number of aliphatic hydroxyl groups is 1. The SMILES string of the molecule is COC1C=CC=C(C)C(=O)NC2CC(O)C=C(C2=O)C(OC)C(C)CC(OC)C(OC)C(C)C=C(C)C1OC(N)=O. The van der Waals surface area contributed by atoms with E-state index >= 15 is 0 Å². The highest BCUT2D eigenvalue weighted by atomic mass is 16.6. The van der Waals surface area contributed by atoms with Crippen molar-refractivity contribution in [3.05, 3.63) is 47.1 Å². The maximum absolute atomic E-state index is 13.5. The zero-order valence-corrected chi connectivity index (χ0v) is 25.3. The molecule has 2 amide bonds. The van der Waals surface area contributed by atoms with Crippen LogP contribution in [-0.4, -0.2) is 94.0 Å². The van der Waals surface area contributed by atoms with Crippen LogP contribution in [-0.2, 0) is 33.3 Å². The Hall–Kier alpha value is -2.83. The number of carbonyl (C=O) groups is 3. The summed E-state index contributed by atoms with van der Waals surface area (Å²) >= 11 is 0. The van der Waals surface area contributed by atoms with E-state index in [1.807, 2.05) is 26.8 Å². The first-order valence-corrected chi connectivity index (χ1v) is 13.7. The van der Waals surface area contributed by atoms with Crippen LogP contribution in [0.5, 0.6) is 0 Å². The van der Waals surface area contributed by atoms with E-state index in [9.17, 15) is 19.5 Å². The molecule has 0 spiro atoms. The largest absolute Gasteiger partial charge is 0.439 e. The number of nitrogens with two attached hydrogens (primary N) is 1. The van der Waals surface area contributed by atoms with Crippen LogP contribution in [0.25, 0.3) is 0 Å². The van der Waals surface area contributed by atoms with E-state index in [4.69, 9.17) is 29.4 Å². The van der Waals surface area contributed by atoms with Gasteiger partial charge in [0.15, 0.2) is 11.9 Å². The first kappa shape index (κ1) is 34.4. The van der Waals surface area contributed by atoms with Crippen LogP contribution in [0.15, 0.2) is 47.1 Å². The summed E-state index contributed by atoms with van der Waals surface area (Å²) < 4.78 is 28.6. The van der Waals surface area contributed by atoms with Gasteiger partial charge in [0, 0.05) is 51.9 Å². The first-order chi connectivity index (χ1) is 19.4. The number of fused-ring (bicyclic) bond motifs is 2. The highest BCUT2D eigenvalue weighted by molar-refractivity contribution is 6.05. The van der Waals surface area contributed by atoms with Crippen molar-refractivity contribution < 1.29 is 43.2 Å². The van der Waals surface area contributed by atoms with Crippen LogP contribution < -0.4 is 11.1 Å². The molecule has 2 rings (SSSR count). The Labute approximate surface area is 242 Å². The van der Waals surface area contributed by atoms with Crippen molar-refractivity contribution in [2.45, 2.75) is 83.2 Å². The van der Waals surface area contributed by atoms with Crippen LogP contribution in [0.1, 0.15) is 40.5 Å². The number of ether oxygens (including phenoxy) is 5. The molecule has 0 saturated carbocycles. The lowest BCUT2D eigenvalue weighted by atomic mass is 9.81. The van der Waals surface area contributed by atoms with E-state index in [-0.39, 0.29) is 24.0 Å². The number of primary amides is 1. The molecule has 0 fully saturated rings. The number of ketones is 1. The number of Topliss-reactive ketones (excluding diaryl/α,β-unsaturated/α-hetero) is 1. The number of allylic oxidation sites excluding steroid dienone is 2. The molecular formula is C30H46N2O9. The van der Waals surface area contributed by atoms with Gasteiger partial charge in [0.1, 0.15) is 6.10 Å². The molecule has 11 heteroatoms. The van der Waals surface area contributed by atoms with Gasteiger partial charge in [0.25, 0.3) is 0 Å². The van der Waals surface area contributed by atoms with E-state index in [1.54, 1.807) is 39.4 Å². The van der Waals surface area contributed by atoms with Gasteiger partial charge in [-0.15, -0.1) is 0 Å². The minimum absolute atomic E-state index is 0.0504. The molecule has 2 aliphatic rings. The van der Waals surface area contributed by atoms with Crippen LogP contribution in [0, 0.1) is 11.8 Å². The Bertz CT molecular complexity index is 1050. The summed E-state index contributed by atoms with van der Waals surface area (Å²) in [5, 5.41) is 13.3. The molecule has 0 aromatic heterocycles. The molecule has 1 aliphatic carbocycles. The van der Waals surface area contributed by atoms with Crippen molar-refractivity contribution in [2.24, 2.45) is 17.6 Å². The van der Waals surface area contributed by atoms with Crippen molar-refractivity contribution in [1.82, 2.24) is 5.32 Å². The van der Waals surface area contributed by atoms with Crippen LogP contribution in [0.3, 0.4) is 0 Å². The second kappa shape index (κ2) is 16.0. The van der Waals surface area contributed by atoms with Gasteiger partial charge >= 0.3 is 6.09 Å². The minimum Gasteiger partial charge on any atom is -0.439 e. The molecule has 0 aromatic rings. The minimum atomic E-state index is -0.958. The molecule has 9 unspecified atom stereocenters. The standard InChI is InChI=1S/C30H46N2O9/c1-16-10-9-11-23(37-5)28(41-30(31)36)18(3)12-17(2)27(40-8)24(38-6)13-19(4)26(39-7)21-14-20(33)15-22(25(21)34)32-29(16)35/h9-12,14,17,19-20,22-24,26-28,33H,13,15H2,1-8H3,(H2,31,36)(H,32,35). The molecule has 0 saturated heterocycles. The summed E-state index contributed by atoms with van der Waals surface area (Å²) in [5.74, 6) is -1.20. The number of methoxy groups -OCH3 is 4. The predicted molar refractivity (Wildman–Crippen MR) is 153 cm³/mol. The zero-order valence-electron chi connectivity index (χ0n) is 25.3. The van der Waals surface area contributed by atoms with Crippen LogP contribution >= 0.6 is 0 Å².